The summed E-state index contributed by atoms with van der Waals surface area (Å²) >= 11 is 0. The first-order chi connectivity index (χ1) is 8.81. The number of aromatic nitrogens is 3. The third-order valence-electron chi connectivity index (χ3n) is 3.10. The fourth-order valence-corrected chi connectivity index (χ4v) is 2.14. The van der Waals surface area contributed by atoms with Crippen molar-refractivity contribution < 1.29 is 9.13 Å². The lowest BCUT2D eigenvalue weighted by atomic mass is 10.0. The van der Waals surface area contributed by atoms with Crippen LogP contribution in [0.1, 0.15) is 12.8 Å². The van der Waals surface area contributed by atoms with E-state index < -0.39 is 0 Å². The molecule has 3 rings (SSSR count). The van der Waals surface area contributed by atoms with E-state index in [0.29, 0.717) is 17.5 Å². The van der Waals surface area contributed by atoms with E-state index in [1.807, 2.05) is 0 Å². The average molecular weight is 250 g/mol. The maximum Gasteiger partial charge on any atom is 0.243 e. The van der Waals surface area contributed by atoms with Gasteiger partial charge < -0.3 is 10.1 Å². The Bertz CT molecular complexity index is 536. The SMILES string of the molecule is Fc1ccc2nc(NCC3CCCOC3)nn2c1. The number of rotatable bonds is 3. The van der Waals surface area contributed by atoms with Crippen molar-refractivity contribution in [2.45, 2.75) is 12.8 Å². The summed E-state index contributed by atoms with van der Waals surface area (Å²) in [7, 11) is 0. The van der Waals surface area contributed by atoms with Gasteiger partial charge in [-0.15, -0.1) is 5.10 Å². The fraction of sp³-hybridized carbons (Fsp3) is 0.500. The van der Waals surface area contributed by atoms with Crippen LogP contribution in [-0.4, -0.2) is 34.4 Å². The molecule has 1 saturated heterocycles. The van der Waals surface area contributed by atoms with E-state index >= 15 is 0 Å². The second kappa shape index (κ2) is 4.89. The predicted molar refractivity (Wildman–Crippen MR) is 65.0 cm³/mol. The van der Waals surface area contributed by atoms with Crippen LogP contribution in [-0.2, 0) is 4.74 Å². The van der Waals surface area contributed by atoms with Crippen LogP contribution in [0.4, 0.5) is 10.3 Å². The first-order valence-electron chi connectivity index (χ1n) is 6.15. The van der Waals surface area contributed by atoms with Gasteiger partial charge in [-0.2, -0.15) is 4.98 Å². The zero-order valence-electron chi connectivity index (χ0n) is 9.97. The third-order valence-corrected chi connectivity index (χ3v) is 3.10. The first kappa shape index (κ1) is 11.4. The van der Waals surface area contributed by atoms with Crippen molar-refractivity contribution in [3.8, 4) is 0 Å². The second-order valence-corrected chi connectivity index (χ2v) is 4.55. The zero-order chi connectivity index (χ0) is 12.4. The van der Waals surface area contributed by atoms with Gasteiger partial charge in [0.05, 0.1) is 12.8 Å². The molecule has 5 nitrogen and oxygen atoms in total. The molecule has 0 aromatic carbocycles. The van der Waals surface area contributed by atoms with Gasteiger partial charge in [0.25, 0.3) is 0 Å². The Hall–Kier alpha value is -1.69. The highest BCUT2D eigenvalue weighted by molar-refractivity contribution is 5.43. The molecule has 2 aromatic rings. The summed E-state index contributed by atoms with van der Waals surface area (Å²) in [5, 5.41) is 7.35. The number of nitrogens with one attached hydrogen (secondary N) is 1. The molecule has 3 heterocycles. The molecule has 1 aliphatic heterocycles. The highest BCUT2D eigenvalue weighted by atomic mass is 19.1. The van der Waals surface area contributed by atoms with Crippen molar-refractivity contribution >= 4 is 11.6 Å². The Morgan fingerprint density at radius 2 is 2.44 bits per heavy atom. The molecule has 1 aliphatic rings. The highest BCUT2D eigenvalue weighted by Gasteiger charge is 2.14. The van der Waals surface area contributed by atoms with E-state index in [1.54, 1.807) is 6.07 Å². The van der Waals surface area contributed by atoms with Crippen LogP contribution in [0, 0.1) is 11.7 Å². The van der Waals surface area contributed by atoms with E-state index in [9.17, 15) is 4.39 Å². The Labute approximate surface area is 104 Å². The molecule has 0 radical (unpaired) electrons. The minimum absolute atomic E-state index is 0.320. The Morgan fingerprint density at radius 3 is 3.28 bits per heavy atom. The zero-order valence-corrected chi connectivity index (χ0v) is 9.97. The largest absolute Gasteiger partial charge is 0.381 e. The van der Waals surface area contributed by atoms with Gasteiger partial charge in [-0.05, 0) is 30.9 Å². The smallest absolute Gasteiger partial charge is 0.243 e. The van der Waals surface area contributed by atoms with Crippen molar-refractivity contribution in [1.29, 1.82) is 0 Å². The lowest BCUT2D eigenvalue weighted by molar-refractivity contribution is 0.0594. The predicted octanol–water partition coefficient (Wildman–Crippen LogP) is 1.71. The molecular weight excluding hydrogens is 235 g/mol. The summed E-state index contributed by atoms with van der Waals surface area (Å²) in [5.41, 5.74) is 0.638. The number of ether oxygens (including phenoxy) is 1. The summed E-state index contributed by atoms with van der Waals surface area (Å²) in [5.74, 6) is 0.716. The number of hydrogen-bond acceptors (Lipinski definition) is 4. The van der Waals surface area contributed by atoms with Crippen LogP contribution in [0.3, 0.4) is 0 Å². The van der Waals surface area contributed by atoms with Crippen LogP contribution in [0.15, 0.2) is 18.3 Å². The van der Waals surface area contributed by atoms with Crippen molar-refractivity contribution in [2.75, 3.05) is 25.1 Å². The first-order valence-corrected chi connectivity index (χ1v) is 6.15. The summed E-state index contributed by atoms with van der Waals surface area (Å²) in [6.07, 6.45) is 3.59. The van der Waals surface area contributed by atoms with E-state index in [0.717, 1.165) is 32.6 Å². The molecule has 0 saturated carbocycles. The molecule has 0 aliphatic carbocycles. The Kier molecular flexibility index (Phi) is 3.10. The van der Waals surface area contributed by atoms with Crippen LogP contribution < -0.4 is 5.32 Å². The average Bonchev–Trinajstić information content (AvgIpc) is 2.79. The van der Waals surface area contributed by atoms with Gasteiger partial charge in [-0.3, -0.25) is 0 Å². The number of fused-ring (bicyclic) bond motifs is 1. The molecule has 1 N–H and O–H groups in total. The summed E-state index contributed by atoms with van der Waals surface area (Å²) in [4.78, 5) is 4.27. The van der Waals surface area contributed by atoms with Gasteiger partial charge >= 0.3 is 0 Å². The molecule has 0 bridgehead atoms. The Balaban J connectivity index is 1.67. The van der Waals surface area contributed by atoms with Crippen molar-refractivity contribution in [3.63, 3.8) is 0 Å². The third kappa shape index (κ3) is 2.43. The number of pyridine rings is 1. The lowest BCUT2D eigenvalue weighted by Crippen LogP contribution is -2.24. The van der Waals surface area contributed by atoms with Gasteiger partial charge in [0.15, 0.2) is 5.65 Å². The molecule has 2 aromatic heterocycles. The maximum atomic E-state index is 13.0. The van der Waals surface area contributed by atoms with Gasteiger partial charge in [-0.1, -0.05) is 0 Å². The number of halogens is 1. The van der Waals surface area contributed by atoms with Crippen molar-refractivity contribution in [3.05, 3.63) is 24.1 Å². The molecule has 6 heteroatoms. The van der Waals surface area contributed by atoms with Gasteiger partial charge in [0, 0.05) is 13.2 Å². The molecule has 0 spiro atoms. The quantitative estimate of drug-likeness (QED) is 0.901. The summed E-state index contributed by atoms with van der Waals surface area (Å²) in [6.45, 7) is 2.44. The van der Waals surface area contributed by atoms with E-state index in [1.165, 1.54) is 16.8 Å². The maximum absolute atomic E-state index is 13.0. The van der Waals surface area contributed by atoms with E-state index in [4.69, 9.17) is 4.74 Å². The number of hydrogen-bond donors (Lipinski definition) is 1. The van der Waals surface area contributed by atoms with Crippen LogP contribution in [0.2, 0.25) is 0 Å². The molecule has 1 fully saturated rings. The number of anilines is 1. The summed E-state index contributed by atoms with van der Waals surface area (Å²) < 4.78 is 19.8. The standard InChI is InChI=1S/C12H15FN4O/c13-10-3-4-11-15-12(16-17(11)7-10)14-6-9-2-1-5-18-8-9/h3-4,7,9H,1-2,5-6,8H2,(H,14,16). The van der Waals surface area contributed by atoms with Crippen molar-refractivity contribution in [2.24, 2.45) is 5.92 Å². The minimum atomic E-state index is -0.320. The molecule has 96 valence electrons. The van der Waals surface area contributed by atoms with E-state index in [2.05, 4.69) is 15.4 Å². The minimum Gasteiger partial charge on any atom is -0.381 e. The fourth-order valence-electron chi connectivity index (χ4n) is 2.14. The van der Waals surface area contributed by atoms with E-state index in [-0.39, 0.29) is 5.82 Å². The van der Waals surface area contributed by atoms with Crippen molar-refractivity contribution in [1.82, 2.24) is 14.6 Å². The van der Waals surface area contributed by atoms with Gasteiger partial charge in [-0.25, -0.2) is 8.91 Å². The highest BCUT2D eigenvalue weighted by Crippen LogP contribution is 2.14. The molecule has 18 heavy (non-hydrogen) atoms. The van der Waals surface area contributed by atoms with Crippen LogP contribution in [0.5, 0.6) is 0 Å². The Morgan fingerprint density at radius 1 is 1.50 bits per heavy atom. The monoisotopic (exact) mass is 250 g/mol. The van der Waals surface area contributed by atoms with Crippen LogP contribution in [0.25, 0.3) is 5.65 Å². The second-order valence-electron chi connectivity index (χ2n) is 4.55. The molecule has 1 atom stereocenters. The number of nitrogens with zero attached hydrogens (tertiary/aromatic N) is 3. The topological polar surface area (TPSA) is 51.5 Å². The lowest BCUT2D eigenvalue weighted by Gasteiger charge is -2.21. The van der Waals surface area contributed by atoms with Gasteiger partial charge in [0.1, 0.15) is 5.82 Å². The normalized spacial score (nSPS) is 20.2. The van der Waals surface area contributed by atoms with Crippen LogP contribution >= 0.6 is 0 Å². The molecular formula is C12H15FN4O. The molecule has 1 unspecified atom stereocenters. The van der Waals surface area contributed by atoms with Gasteiger partial charge in [0.2, 0.25) is 5.95 Å². The summed E-state index contributed by atoms with van der Waals surface area (Å²) in [6, 6.07) is 2.99. The molecule has 0 amide bonds.